The van der Waals surface area contributed by atoms with E-state index in [2.05, 4.69) is 106 Å². The maximum absolute atomic E-state index is 13.9. The smallest absolute Gasteiger partial charge is 0.410 e. The van der Waals surface area contributed by atoms with Crippen molar-refractivity contribution in [3.8, 4) is 5.75 Å². The summed E-state index contributed by atoms with van der Waals surface area (Å²) < 4.78 is 11.6. The Bertz CT molecular complexity index is 1250. The molecule has 2 amide bonds. The minimum atomic E-state index is -0.503. The minimum absolute atomic E-state index is 0.0830. The molecule has 0 bridgehead atoms. The summed E-state index contributed by atoms with van der Waals surface area (Å²) in [6.45, 7) is 23.2. The lowest BCUT2D eigenvalue weighted by Crippen LogP contribution is -2.60. The van der Waals surface area contributed by atoms with Crippen LogP contribution in [0, 0.1) is 16.7 Å². The normalized spacial score (nSPS) is 19.7. The zero-order valence-electron chi connectivity index (χ0n) is 29.3. The number of piperidine rings is 1. The highest BCUT2D eigenvalue weighted by Crippen LogP contribution is 2.36. The van der Waals surface area contributed by atoms with Crippen LogP contribution in [0.5, 0.6) is 5.75 Å². The van der Waals surface area contributed by atoms with E-state index in [0.29, 0.717) is 32.7 Å². The Morgan fingerprint density at radius 2 is 1.40 bits per heavy atom. The lowest BCUT2D eigenvalue weighted by molar-refractivity contribution is -0.141. The molecule has 7 heteroatoms. The first-order valence-electron chi connectivity index (χ1n) is 16.8. The van der Waals surface area contributed by atoms with Gasteiger partial charge in [-0.1, -0.05) is 84.0 Å². The van der Waals surface area contributed by atoms with Crippen LogP contribution >= 0.6 is 0 Å². The number of amides is 2. The first kappa shape index (κ1) is 34.8. The third-order valence-corrected chi connectivity index (χ3v) is 8.81. The van der Waals surface area contributed by atoms with E-state index in [-0.39, 0.29) is 40.8 Å². The molecule has 2 aliphatic rings. The number of carbonyl (C=O) groups excluding carboxylic acids is 2. The first-order chi connectivity index (χ1) is 21.0. The van der Waals surface area contributed by atoms with Crippen LogP contribution in [0.15, 0.2) is 54.6 Å². The summed E-state index contributed by atoms with van der Waals surface area (Å²) in [7, 11) is 0. The highest BCUT2D eigenvalue weighted by Gasteiger charge is 2.41. The van der Waals surface area contributed by atoms with Crippen LogP contribution in [0.2, 0.25) is 0 Å². The van der Waals surface area contributed by atoms with Gasteiger partial charge in [-0.25, -0.2) is 4.79 Å². The largest absolute Gasteiger partial charge is 0.493 e. The third-order valence-electron chi connectivity index (χ3n) is 8.81. The molecule has 7 nitrogen and oxygen atoms in total. The van der Waals surface area contributed by atoms with Crippen LogP contribution in [-0.2, 0) is 9.53 Å². The second-order valence-electron chi connectivity index (χ2n) is 16.3. The molecule has 248 valence electrons. The molecule has 2 aliphatic heterocycles. The van der Waals surface area contributed by atoms with Crippen LogP contribution < -0.4 is 4.74 Å². The number of rotatable bonds is 7. The van der Waals surface area contributed by atoms with Gasteiger partial charge in [-0.05, 0) is 73.6 Å². The number of ether oxygens (including phenoxy) is 2. The summed E-state index contributed by atoms with van der Waals surface area (Å²) in [5.74, 6) is 1.41. The van der Waals surface area contributed by atoms with E-state index in [1.54, 1.807) is 4.90 Å². The SMILES string of the molecule is CC(C)(C)COc1ccc(C(c2ccccc2)N2CCN(C(=O)CC3CCN(C(=O)OC(C)(C)C)CC3)[C@@H](C(C)(C)C)C2)cc1. The molecule has 2 aromatic rings. The number of nitrogens with zero attached hydrogens (tertiary/aromatic N) is 3. The average molecular weight is 620 g/mol. The molecule has 4 rings (SSSR count). The van der Waals surface area contributed by atoms with Gasteiger partial charge in [0.2, 0.25) is 5.91 Å². The summed E-state index contributed by atoms with van der Waals surface area (Å²) in [6, 6.07) is 19.4. The second kappa shape index (κ2) is 14.1. The number of carbonyl (C=O) groups is 2. The zero-order chi connectivity index (χ0) is 33.0. The summed E-state index contributed by atoms with van der Waals surface area (Å²) >= 11 is 0. The molecule has 0 radical (unpaired) electrons. The molecule has 2 atom stereocenters. The van der Waals surface area contributed by atoms with E-state index in [9.17, 15) is 9.59 Å². The molecule has 2 fully saturated rings. The predicted octanol–water partition coefficient (Wildman–Crippen LogP) is 7.80. The Labute approximate surface area is 272 Å². The third kappa shape index (κ3) is 9.96. The number of benzene rings is 2. The average Bonchev–Trinajstić information content (AvgIpc) is 2.96. The lowest BCUT2D eigenvalue weighted by atomic mass is 9.82. The van der Waals surface area contributed by atoms with E-state index in [1.807, 2.05) is 20.8 Å². The van der Waals surface area contributed by atoms with E-state index in [1.165, 1.54) is 11.1 Å². The van der Waals surface area contributed by atoms with Crippen LogP contribution in [0.1, 0.15) is 98.7 Å². The molecule has 0 saturated carbocycles. The molecule has 45 heavy (non-hydrogen) atoms. The van der Waals surface area contributed by atoms with Gasteiger partial charge in [0, 0.05) is 45.2 Å². The van der Waals surface area contributed by atoms with Crippen LogP contribution in [-0.4, -0.2) is 77.7 Å². The van der Waals surface area contributed by atoms with Gasteiger partial charge in [-0.2, -0.15) is 0 Å². The second-order valence-corrected chi connectivity index (χ2v) is 16.3. The van der Waals surface area contributed by atoms with Gasteiger partial charge >= 0.3 is 6.09 Å². The molecule has 1 unspecified atom stereocenters. The summed E-state index contributed by atoms with van der Waals surface area (Å²) in [4.78, 5) is 32.9. The maximum atomic E-state index is 13.9. The number of hydrogen-bond acceptors (Lipinski definition) is 5. The topological polar surface area (TPSA) is 62.3 Å². The van der Waals surface area contributed by atoms with Gasteiger partial charge in [0.1, 0.15) is 11.4 Å². The van der Waals surface area contributed by atoms with Gasteiger partial charge in [-0.15, -0.1) is 0 Å². The van der Waals surface area contributed by atoms with E-state index >= 15 is 0 Å². The predicted molar refractivity (Wildman–Crippen MR) is 181 cm³/mol. The van der Waals surface area contributed by atoms with Crippen molar-refractivity contribution < 1.29 is 19.1 Å². The molecule has 0 spiro atoms. The van der Waals surface area contributed by atoms with Crippen LogP contribution in [0.3, 0.4) is 0 Å². The first-order valence-corrected chi connectivity index (χ1v) is 16.8. The monoisotopic (exact) mass is 619 g/mol. The summed E-state index contributed by atoms with van der Waals surface area (Å²) in [5.41, 5.74) is 2.00. The van der Waals surface area contributed by atoms with Crippen molar-refractivity contribution in [2.45, 2.75) is 99.3 Å². The minimum Gasteiger partial charge on any atom is -0.493 e. The Morgan fingerprint density at radius 3 is 1.96 bits per heavy atom. The fourth-order valence-electron chi connectivity index (χ4n) is 6.38. The molecule has 0 aromatic heterocycles. The molecule has 0 N–H and O–H groups in total. The Morgan fingerprint density at radius 1 is 0.800 bits per heavy atom. The Balaban J connectivity index is 1.45. The number of likely N-dealkylation sites (tertiary alicyclic amines) is 1. The van der Waals surface area contributed by atoms with Crippen LogP contribution in [0.4, 0.5) is 4.79 Å². The molecule has 2 saturated heterocycles. The van der Waals surface area contributed by atoms with Crippen molar-refractivity contribution >= 4 is 12.0 Å². The standard InChI is InChI=1S/C38H57N3O4/c1-36(2,3)27-44-31-17-15-30(16-18-31)34(29-13-11-10-12-14-29)40-23-24-41(32(26-40)37(4,5)6)33(42)25-28-19-21-39(22-20-28)35(43)45-38(7,8)9/h10-18,28,32,34H,19-27H2,1-9H3/t32-,34?/m1/s1. The molecular weight excluding hydrogens is 562 g/mol. The number of piperazine rings is 1. The zero-order valence-corrected chi connectivity index (χ0v) is 29.3. The van der Waals surface area contributed by atoms with E-state index < -0.39 is 5.60 Å². The van der Waals surface area contributed by atoms with Crippen molar-refractivity contribution in [3.63, 3.8) is 0 Å². The van der Waals surface area contributed by atoms with Crippen molar-refractivity contribution in [3.05, 3.63) is 65.7 Å². The fourth-order valence-corrected chi connectivity index (χ4v) is 6.38. The van der Waals surface area contributed by atoms with E-state index in [4.69, 9.17) is 9.47 Å². The highest BCUT2D eigenvalue weighted by molar-refractivity contribution is 5.77. The van der Waals surface area contributed by atoms with Crippen molar-refractivity contribution in [2.24, 2.45) is 16.7 Å². The molecule has 0 aliphatic carbocycles. The van der Waals surface area contributed by atoms with Gasteiger partial charge in [0.05, 0.1) is 12.6 Å². The van der Waals surface area contributed by atoms with Crippen molar-refractivity contribution in [1.82, 2.24) is 14.7 Å². The van der Waals surface area contributed by atoms with Gasteiger partial charge in [0.25, 0.3) is 0 Å². The van der Waals surface area contributed by atoms with E-state index in [0.717, 1.165) is 31.7 Å². The summed E-state index contributed by atoms with van der Waals surface area (Å²) in [6.07, 6.45) is 1.94. The van der Waals surface area contributed by atoms with Crippen molar-refractivity contribution in [2.75, 3.05) is 39.3 Å². The Kier molecular flexibility index (Phi) is 10.9. The van der Waals surface area contributed by atoms with Gasteiger partial charge < -0.3 is 19.3 Å². The quantitative estimate of drug-likeness (QED) is 0.317. The fraction of sp³-hybridized carbons (Fsp3) is 0.632. The van der Waals surface area contributed by atoms with Crippen LogP contribution in [0.25, 0.3) is 0 Å². The molecule has 2 aromatic carbocycles. The lowest BCUT2D eigenvalue weighted by Gasteiger charge is -2.50. The van der Waals surface area contributed by atoms with Gasteiger partial charge in [0.15, 0.2) is 0 Å². The Hall–Kier alpha value is -3.06. The van der Waals surface area contributed by atoms with Crippen molar-refractivity contribution in [1.29, 1.82) is 0 Å². The number of hydrogen-bond donors (Lipinski definition) is 0. The molecular formula is C38H57N3O4. The maximum Gasteiger partial charge on any atom is 0.410 e. The highest BCUT2D eigenvalue weighted by atomic mass is 16.6. The summed E-state index contributed by atoms with van der Waals surface area (Å²) in [5, 5.41) is 0. The van der Waals surface area contributed by atoms with Gasteiger partial charge in [-0.3, -0.25) is 9.69 Å². The molecule has 2 heterocycles.